The summed E-state index contributed by atoms with van der Waals surface area (Å²) in [4.78, 5) is 35.2. The second-order valence-corrected chi connectivity index (χ2v) is 8.95. The fraction of sp³-hybridized carbons (Fsp3) is 0.154. The fourth-order valence-electron chi connectivity index (χ4n) is 4.20. The van der Waals surface area contributed by atoms with Gasteiger partial charge >= 0.3 is 10.8 Å². The summed E-state index contributed by atoms with van der Waals surface area (Å²) in [5, 5.41) is 13.1. The van der Waals surface area contributed by atoms with Crippen molar-refractivity contribution in [2.45, 2.75) is 20.3 Å². The third-order valence-electron chi connectivity index (χ3n) is 5.92. The summed E-state index contributed by atoms with van der Waals surface area (Å²) in [5.74, 6) is 0.0967. The molecule has 2 aromatic heterocycles. The lowest BCUT2D eigenvalue weighted by molar-refractivity contribution is 0.0699. The molecule has 0 aliphatic carbocycles. The molecule has 5 aromatic rings. The number of hydrogen-bond acceptors (Lipinski definition) is 6. The van der Waals surface area contributed by atoms with Crippen LogP contribution in [-0.4, -0.2) is 36.9 Å². The zero-order valence-electron chi connectivity index (χ0n) is 19.2. The van der Waals surface area contributed by atoms with E-state index in [2.05, 4.69) is 31.6 Å². The van der Waals surface area contributed by atoms with E-state index in [9.17, 15) is 14.7 Å². The number of benzene rings is 3. The molecule has 0 amide bonds. The molecule has 0 aliphatic rings. The summed E-state index contributed by atoms with van der Waals surface area (Å²) < 4.78 is 2.97. The zero-order valence-corrected chi connectivity index (χ0v) is 20.0. The van der Waals surface area contributed by atoms with Gasteiger partial charge in [-0.2, -0.15) is 4.98 Å². The van der Waals surface area contributed by atoms with Crippen LogP contribution in [0.15, 0.2) is 59.4 Å². The predicted molar refractivity (Wildman–Crippen MR) is 139 cm³/mol. The first kappa shape index (κ1) is 22.5. The van der Waals surface area contributed by atoms with E-state index in [4.69, 9.17) is 0 Å². The molecular weight excluding hydrogens is 462 g/mol. The smallest absolute Gasteiger partial charge is 0.344 e. The van der Waals surface area contributed by atoms with E-state index < -0.39 is 5.97 Å². The van der Waals surface area contributed by atoms with Gasteiger partial charge in [0.2, 0.25) is 5.95 Å². The molecule has 0 spiro atoms. The normalized spacial score (nSPS) is 11.1. The molecule has 0 aliphatic heterocycles. The summed E-state index contributed by atoms with van der Waals surface area (Å²) in [7, 11) is 0. The van der Waals surface area contributed by atoms with Gasteiger partial charge in [-0.05, 0) is 47.2 Å². The quantitative estimate of drug-likeness (QED) is 0.240. The van der Waals surface area contributed by atoms with E-state index in [0.717, 1.165) is 57.9 Å². The maximum absolute atomic E-state index is 12.0. The summed E-state index contributed by atoms with van der Waals surface area (Å²) in [6.45, 7) is 4.75. The molecule has 5 rings (SSSR count). The molecule has 176 valence electrons. The minimum atomic E-state index is -1.01. The zero-order chi connectivity index (χ0) is 24.5. The van der Waals surface area contributed by atoms with Crippen molar-refractivity contribution in [2.75, 3.05) is 11.9 Å². The van der Waals surface area contributed by atoms with Crippen LogP contribution in [0.1, 0.15) is 29.3 Å². The van der Waals surface area contributed by atoms with Gasteiger partial charge in [0.15, 0.2) is 5.82 Å². The first-order valence-electron chi connectivity index (χ1n) is 11.2. The number of nitrogens with one attached hydrogen (secondary N) is 3. The van der Waals surface area contributed by atoms with Gasteiger partial charge in [-0.1, -0.05) is 55.5 Å². The third kappa shape index (κ3) is 4.22. The number of carboxylic acids is 1. The SMILES string of the molecule is CCCNc1nc2c(C)c(-c3ccc(-c4ccccc4-c4nc(=O)s[nH]4)cc3)cc(C(=O)O)c2[nH]1. The summed E-state index contributed by atoms with van der Waals surface area (Å²) in [6, 6.07) is 17.4. The van der Waals surface area contributed by atoms with E-state index in [1.165, 1.54) is 0 Å². The highest BCUT2D eigenvalue weighted by Crippen LogP contribution is 2.35. The topological polar surface area (TPSA) is 124 Å². The second kappa shape index (κ2) is 9.19. The van der Waals surface area contributed by atoms with Crippen molar-refractivity contribution in [2.24, 2.45) is 0 Å². The number of nitrogens with zero attached hydrogens (tertiary/aromatic N) is 2. The molecule has 0 bridgehead atoms. The second-order valence-electron chi connectivity index (χ2n) is 8.19. The van der Waals surface area contributed by atoms with Crippen molar-refractivity contribution in [3.8, 4) is 33.6 Å². The van der Waals surface area contributed by atoms with Crippen LogP contribution >= 0.6 is 11.5 Å². The number of imidazole rings is 1. The van der Waals surface area contributed by atoms with Crippen LogP contribution in [0.3, 0.4) is 0 Å². The van der Waals surface area contributed by atoms with Crippen LogP contribution in [0.4, 0.5) is 5.95 Å². The van der Waals surface area contributed by atoms with Crippen molar-refractivity contribution in [3.63, 3.8) is 0 Å². The highest BCUT2D eigenvalue weighted by atomic mass is 32.1. The Labute approximate surface area is 204 Å². The van der Waals surface area contributed by atoms with Gasteiger partial charge in [0, 0.05) is 23.6 Å². The van der Waals surface area contributed by atoms with Gasteiger partial charge in [-0.3, -0.25) is 9.17 Å². The molecule has 0 saturated heterocycles. The Balaban J connectivity index is 1.58. The van der Waals surface area contributed by atoms with Crippen molar-refractivity contribution in [1.82, 2.24) is 19.3 Å². The lowest BCUT2D eigenvalue weighted by atomic mass is 9.93. The summed E-state index contributed by atoms with van der Waals surface area (Å²) in [5.41, 5.74) is 6.68. The molecule has 0 saturated carbocycles. The van der Waals surface area contributed by atoms with Crippen molar-refractivity contribution >= 4 is 34.5 Å². The molecule has 9 heteroatoms. The Bertz CT molecular complexity index is 1600. The molecule has 2 heterocycles. The fourth-order valence-corrected chi connectivity index (χ4v) is 4.68. The van der Waals surface area contributed by atoms with Gasteiger partial charge in [0.1, 0.15) is 0 Å². The molecule has 3 aromatic carbocycles. The van der Waals surface area contributed by atoms with Crippen molar-refractivity contribution in [1.29, 1.82) is 0 Å². The largest absolute Gasteiger partial charge is 0.478 e. The van der Waals surface area contributed by atoms with Crippen LogP contribution < -0.4 is 10.2 Å². The molecule has 8 nitrogen and oxygen atoms in total. The first-order valence-corrected chi connectivity index (χ1v) is 12.0. The van der Waals surface area contributed by atoms with Gasteiger partial charge in [0.25, 0.3) is 0 Å². The number of H-pyrrole nitrogens is 2. The van der Waals surface area contributed by atoms with Crippen molar-refractivity contribution in [3.05, 3.63) is 75.4 Å². The number of hydrogen-bond donors (Lipinski definition) is 4. The van der Waals surface area contributed by atoms with E-state index in [0.29, 0.717) is 22.8 Å². The Morgan fingerprint density at radius 1 is 1.03 bits per heavy atom. The minimum Gasteiger partial charge on any atom is -0.478 e. The van der Waals surface area contributed by atoms with Crippen LogP contribution in [0.5, 0.6) is 0 Å². The maximum atomic E-state index is 12.0. The standard InChI is InChI=1S/C26H23N5O3S/c1-3-12-27-25-28-21-14(2)19(13-20(24(32)33)22(21)29-25)16-10-8-15(9-11-16)17-6-4-5-7-18(17)23-30-26(34)35-31-23/h4-11,13H,3,12H2,1-2H3,(H,32,33)(H2,27,28,29)(H,30,31,34). The Morgan fingerprint density at radius 3 is 2.34 bits per heavy atom. The van der Waals surface area contributed by atoms with Crippen LogP contribution in [0.2, 0.25) is 0 Å². The average Bonchev–Trinajstić information content (AvgIpc) is 3.50. The number of rotatable bonds is 7. The lowest BCUT2D eigenvalue weighted by Gasteiger charge is -2.11. The Hall–Kier alpha value is -4.24. The Morgan fingerprint density at radius 2 is 1.71 bits per heavy atom. The van der Waals surface area contributed by atoms with Gasteiger partial charge in [0.05, 0.1) is 16.6 Å². The molecule has 0 unspecified atom stereocenters. The lowest BCUT2D eigenvalue weighted by Crippen LogP contribution is -2.01. The van der Waals surface area contributed by atoms with Crippen molar-refractivity contribution < 1.29 is 9.90 Å². The number of aromatic nitrogens is 4. The molecular formula is C26H23N5O3S. The van der Waals surface area contributed by atoms with E-state index in [-0.39, 0.29) is 10.4 Å². The van der Waals surface area contributed by atoms with Gasteiger partial charge < -0.3 is 15.4 Å². The average molecular weight is 486 g/mol. The summed E-state index contributed by atoms with van der Waals surface area (Å²) in [6.07, 6.45) is 0.932. The van der Waals surface area contributed by atoms with Crippen LogP contribution in [0.25, 0.3) is 44.7 Å². The first-order chi connectivity index (χ1) is 17.0. The van der Waals surface area contributed by atoms with E-state index in [1.807, 2.05) is 55.5 Å². The van der Waals surface area contributed by atoms with Gasteiger partial charge in [-0.25, -0.2) is 9.78 Å². The van der Waals surface area contributed by atoms with Gasteiger partial charge in [-0.15, -0.1) is 0 Å². The van der Waals surface area contributed by atoms with E-state index >= 15 is 0 Å². The maximum Gasteiger partial charge on any atom is 0.344 e. The molecule has 35 heavy (non-hydrogen) atoms. The number of fused-ring (bicyclic) bond motifs is 1. The van der Waals surface area contributed by atoms with Crippen LogP contribution in [-0.2, 0) is 0 Å². The number of aromatic carboxylic acids is 1. The number of aromatic amines is 2. The highest BCUT2D eigenvalue weighted by molar-refractivity contribution is 7.03. The number of carboxylic acid groups (broad SMARTS) is 1. The number of carbonyl (C=O) groups is 1. The minimum absolute atomic E-state index is 0.180. The molecule has 0 atom stereocenters. The molecule has 0 radical (unpaired) electrons. The van der Waals surface area contributed by atoms with Crippen LogP contribution in [0, 0.1) is 6.92 Å². The predicted octanol–water partition coefficient (Wildman–Crippen LogP) is 5.54. The number of anilines is 1. The van der Waals surface area contributed by atoms with E-state index in [1.54, 1.807) is 6.07 Å². The molecule has 0 fully saturated rings. The number of aryl methyl sites for hydroxylation is 1. The third-order valence-corrected chi connectivity index (χ3v) is 6.48. The molecule has 4 N–H and O–H groups in total. The summed E-state index contributed by atoms with van der Waals surface area (Å²) >= 11 is 0.962. The highest BCUT2D eigenvalue weighted by Gasteiger charge is 2.19. The Kier molecular flexibility index (Phi) is 5.92. The monoisotopic (exact) mass is 485 g/mol.